The first kappa shape index (κ1) is 22.0. The molecule has 3 aromatic rings. The van der Waals surface area contributed by atoms with Gasteiger partial charge in [0.15, 0.2) is 5.11 Å². The van der Waals surface area contributed by atoms with Gasteiger partial charge >= 0.3 is 5.97 Å². The lowest BCUT2D eigenvalue weighted by molar-refractivity contribution is 0.0601. The second kappa shape index (κ2) is 9.12. The van der Waals surface area contributed by atoms with E-state index in [1.54, 1.807) is 13.2 Å². The van der Waals surface area contributed by atoms with E-state index in [2.05, 4.69) is 10.6 Å². The topological polar surface area (TPSA) is 76.7 Å². The molecule has 0 saturated carbocycles. The minimum absolute atomic E-state index is 0.0971. The monoisotopic (exact) mass is 494 g/mol. The zero-order valence-electron chi connectivity index (χ0n) is 16.8. The van der Waals surface area contributed by atoms with Crippen LogP contribution in [-0.2, 0) is 17.6 Å². The van der Waals surface area contributed by atoms with Crippen molar-refractivity contribution in [3.8, 4) is 5.75 Å². The van der Waals surface area contributed by atoms with Crippen LogP contribution in [0.25, 0.3) is 10.1 Å². The summed E-state index contributed by atoms with van der Waals surface area (Å²) < 4.78 is 11.0. The molecule has 0 spiro atoms. The summed E-state index contributed by atoms with van der Waals surface area (Å²) in [7, 11) is 2.94. The van der Waals surface area contributed by atoms with E-state index in [4.69, 9.17) is 33.3 Å². The van der Waals surface area contributed by atoms with Gasteiger partial charge in [-0.05, 0) is 61.7 Å². The Balaban J connectivity index is 1.55. The van der Waals surface area contributed by atoms with E-state index < -0.39 is 11.9 Å². The standard InChI is InChI=1S/C21H19ClN2O4S3/c1-27-10-7-8-12-14(9-10)30-17(16(12)22)18(25)23-21(29)24-19-15(20(26)28-2)11-5-3-4-6-13(11)31-19/h7-9H,3-6H2,1-2H3,(H2,23,24,25,29). The first-order valence-electron chi connectivity index (χ1n) is 9.54. The summed E-state index contributed by atoms with van der Waals surface area (Å²) in [6.45, 7) is 0. The van der Waals surface area contributed by atoms with Crippen LogP contribution in [0.1, 0.15) is 43.3 Å². The van der Waals surface area contributed by atoms with Crippen molar-refractivity contribution in [2.45, 2.75) is 25.7 Å². The highest BCUT2D eigenvalue weighted by Crippen LogP contribution is 2.39. The van der Waals surface area contributed by atoms with Crippen LogP contribution in [0.3, 0.4) is 0 Å². The van der Waals surface area contributed by atoms with Gasteiger partial charge in [-0.2, -0.15) is 0 Å². The van der Waals surface area contributed by atoms with Gasteiger partial charge in [-0.3, -0.25) is 10.1 Å². The lowest BCUT2D eigenvalue weighted by Gasteiger charge is -2.12. The summed E-state index contributed by atoms with van der Waals surface area (Å²) in [5.74, 6) is -0.132. The van der Waals surface area contributed by atoms with Gasteiger partial charge in [0.1, 0.15) is 15.6 Å². The Morgan fingerprint density at radius 3 is 2.68 bits per heavy atom. The quantitative estimate of drug-likeness (QED) is 0.372. The van der Waals surface area contributed by atoms with Gasteiger partial charge in [-0.15, -0.1) is 22.7 Å². The van der Waals surface area contributed by atoms with Gasteiger partial charge in [0, 0.05) is 15.0 Å². The number of hydrogen-bond acceptors (Lipinski definition) is 7. The molecule has 1 aromatic carbocycles. The lowest BCUT2D eigenvalue weighted by atomic mass is 9.95. The molecule has 0 atom stereocenters. The SMILES string of the molecule is COC(=O)c1c(NC(=S)NC(=O)c2sc3cc(OC)ccc3c2Cl)sc2c1CCCC2. The Hall–Kier alpha value is -2.20. The van der Waals surface area contributed by atoms with Gasteiger partial charge in [-0.1, -0.05) is 11.6 Å². The molecule has 0 saturated heterocycles. The number of thiophene rings is 2. The Bertz CT molecular complexity index is 1200. The van der Waals surface area contributed by atoms with Gasteiger partial charge in [0.2, 0.25) is 0 Å². The minimum atomic E-state index is -0.413. The van der Waals surface area contributed by atoms with Crippen LogP contribution in [0.2, 0.25) is 5.02 Å². The molecule has 4 rings (SSSR count). The van der Waals surface area contributed by atoms with Crippen LogP contribution in [0.4, 0.5) is 5.00 Å². The number of rotatable bonds is 4. The molecule has 0 unspecified atom stereocenters. The maximum Gasteiger partial charge on any atom is 0.341 e. The third kappa shape index (κ3) is 4.27. The number of halogens is 1. The highest BCUT2D eigenvalue weighted by molar-refractivity contribution is 7.80. The normalized spacial score (nSPS) is 12.9. The van der Waals surface area contributed by atoms with Crippen LogP contribution >= 0.6 is 46.5 Å². The minimum Gasteiger partial charge on any atom is -0.497 e. The van der Waals surface area contributed by atoms with Crippen molar-refractivity contribution in [2.24, 2.45) is 0 Å². The Labute approximate surface area is 197 Å². The van der Waals surface area contributed by atoms with Crippen LogP contribution in [0, 0.1) is 0 Å². The number of hydrogen-bond donors (Lipinski definition) is 2. The van der Waals surface area contributed by atoms with E-state index in [9.17, 15) is 9.59 Å². The van der Waals surface area contributed by atoms with Crippen LogP contribution < -0.4 is 15.4 Å². The Kier molecular flexibility index (Phi) is 6.47. The maximum atomic E-state index is 12.8. The van der Waals surface area contributed by atoms with E-state index in [0.717, 1.165) is 46.2 Å². The summed E-state index contributed by atoms with van der Waals surface area (Å²) in [6.07, 6.45) is 3.87. The Morgan fingerprint density at radius 2 is 1.94 bits per heavy atom. The molecule has 162 valence electrons. The number of ether oxygens (including phenoxy) is 2. The van der Waals surface area contributed by atoms with E-state index >= 15 is 0 Å². The molecule has 0 bridgehead atoms. The number of anilines is 1. The molecule has 0 radical (unpaired) electrons. The molecular formula is C21H19ClN2O4S3. The third-order valence-electron chi connectivity index (χ3n) is 5.06. The molecule has 1 aliphatic rings. The number of aryl methyl sites for hydroxylation is 1. The highest BCUT2D eigenvalue weighted by atomic mass is 35.5. The molecule has 2 heterocycles. The van der Waals surface area contributed by atoms with Gasteiger partial charge in [-0.25, -0.2) is 4.79 Å². The number of nitrogens with one attached hydrogen (secondary N) is 2. The zero-order valence-corrected chi connectivity index (χ0v) is 20.0. The van der Waals surface area contributed by atoms with Gasteiger partial charge in [0.25, 0.3) is 5.91 Å². The molecule has 0 aliphatic heterocycles. The fraction of sp³-hybridized carbons (Fsp3) is 0.286. The molecule has 1 amide bonds. The number of esters is 1. The van der Waals surface area contributed by atoms with E-state index in [1.165, 1.54) is 29.8 Å². The summed E-state index contributed by atoms with van der Waals surface area (Å²) in [5, 5.41) is 7.51. The van der Waals surface area contributed by atoms with Crippen molar-refractivity contribution in [1.29, 1.82) is 0 Å². The predicted octanol–water partition coefficient (Wildman–Crippen LogP) is 5.42. The molecular weight excluding hydrogens is 476 g/mol. The third-order valence-corrected chi connectivity index (χ3v) is 8.13. The molecule has 1 aliphatic carbocycles. The average Bonchev–Trinajstić information content (AvgIpc) is 3.29. The number of methoxy groups -OCH3 is 2. The van der Waals surface area contributed by atoms with E-state index in [0.29, 0.717) is 26.2 Å². The molecule has 2 N–H and O–H groups in total. The number of amides is 1. The smallest absolute Gasteiger partial charge is 0.341 e. The van der Waals surface area contributed by atoms with Crippen molar-refractivity contribution in [3.63, 3.8) is 0 Å². The second-order valence-electron chi connectivity index (χ2n) is 6.92. The number of carbonyl (C=O) groups is 2. The maximum absolute atomic E-state index is 12.8. The van der Waals surface area contributed by atoms with Gasteiger partial charge in [0.05, 0.1) is 24.8 Å². The molecule has 10 heteroatoms. The first-order valence-corrected chi connectivity index (χ1v) is 12.0. The lowest BCUT2D eigenvalue weighted by Crippen LogP contribution is -2.34. The van der Waals surface area contributed by atoms with Crippen LogP contribution in [0.5, 0.6) is 5.75 Å². The molecule has 31 heavy (non-hydrogen) atoms. The summed E-state index contributed by atoms with van der Waals surface area (Å²) >= 11 is 14.5. The van der Waals surface area contributed by atoms with Crippen molar-refractivity contribution in [2.75, 3.05) is 19.5 Å². The van der Waals surface area contributed by atoms with E-state index in [-0.39, 0.29) is 5.11 Å². The molecule has 2 aromatic heterocycles. The van der Waals surface area contributed by atoms with Crippen molar-refractivity contribution in [3.05, 3.63) is 44.1 Å². The highest BCUT2D eigenvalue weighted by Gasteiger charge is 2.27. The summed E-state index contributed by atoms with van der Waals surface area (Å²) in [6, 6.07) is 5.44. The fourth-order valence-electron chi connectivity index (χ4n) is 3.58. The van der Waals surface area contributed by atoms with Crippen LogP contribution in [-0.4, -0.2) is 31.2 Å². The largest absolute Gasteiger partial charge is 0.497 e. The van der Waals surface area contributed by atoms with Crippen molar-refractivity contribution in [1.82, 2.24) is 5.32 Å². The Morgan fingerprint density at radius 1 is 1.16 bits per heavy atom. The molecule has 0 fully saturated rings. The number of fused-ring (bicyclic) bond motifs is 2. The first-order chi connectivity index (χ1) is 14.9. The van der Waals surface area contributed by atoms with Crippen LogP contribution in [0.15, 0.2) is 18.2 Å². The van der Waals surface area contributed by atoms with Crippen molar-refractivity contribution < 1.29 is 19.1 Å². The fourth-order valence-corrected chi connectivity index (χ4v) is 6.57. The number of benzene rings is 1. The predicted molar refractivity (Wildman–Crippen MR) is 129 cm³/mol. The second-order valence-corrected chi connectivity index (χ2v) is 9.87. The van der Waals surface area contributed by atoms with Gasteiger partial charge < -0.3 is 14.8 Å². The number of thiocarbonyl (C=S) groups is 1. The van der Waals surface area contributed by atoms with Crippen molar-refractivity contribution >= 4 is 78.6 Å². The molecule has 6 nitrogen and oxygen atoms in total. The zero-order chi connectivity index (χ0) is 22.1. The summed E-state index contributed by atoms with van der Waals surface area (Å²) in [4.78, 5) is 26.7. The van der Waals surface area contributed by atoms with E-state index in [1.807, 2.05) is 12.1 Å². The number of carbonyl (C=O) groups excluding carboxylic acids is 2. The average molecular weight is 495 g/mol. The summed E-state index contributed by atoms with van der Waals surface area (Å²) in [5.41, 5.74) is 1.52.